The van der Waals surface area contributed by atoms with Gasteiger partial charge in [-0.25, -0.2) is 4.79 Å². The average Bonchev–Trinajstić information content (AvgIpc) is 2.80. The molecule has 2 saturated carbocycles. The number of aryl methyl sites for hydroxylation is 1. The Hall–Kier alpha value is -1.31. The molecule has 3 rings (SSSR count). The van der Waals surface area contributed by atoms with E-state index in [1.54, 1.807) is 0 Å². The first kappa shape index (κ1) is 14.6. The Labute approximate surface area is 127 Å². The standard InChI is InChI=1S/C19H26O2/c1-5-13-8-6-7-9-15(13)17(20)21-16-12-14-10-11-19(16,4)18(14,2)3/h6-9,14,16H,5,10-12H2,1-4H3. The van der Waals surface area contributed by atoms with Gasteiger partial charge in [0.1, 0.15) is 6.10 Å². The summed E-state index contributed by atoms with van der Waals surface area (Å²) < 4.78 is 5.97. The van der Waals surface area contributed by atoms with Crippen molar-refractivity contribution in [2.45, 2.75) is 59.5 Å². The number of hydrogen-bond acceptors (Lipinski definition) is 2. The van der Waals surface area contributed by atoms with Crippen LogP contribution in [0.5, 0.6) is 0 Å². The Morgan fingerprint density at radius 2 is 2.00 bits per heavy atom. The lowest BCUT2D eigenvalue weighted by molar-refractivity contribution is -0.0243. The number of carbonyl (C=O) groups is 1. The third-order valence-electron chi connectivity index (χ3n) is 6.58. The maximum Gasteiger partial charge on any atom is 0.338 e. The van der Waals surface area contributed by atoms with Gasteiger partial charge in [0.05, 0.1) is 5.56 Å². The maximum absolute atomic E-state index is 12.6. The van der Waals surface area contributed by atoms with Gasteiger partial charge < -0.3 is 4.74 Å². The molecule has 0 heterocycles. The van der Waals surface area contributed by atoms with Crippen molar-refractivity contribution >= 4 is 5.97 Å². The molecule has 0 aromatic heterocycles. The molecule has 2 aliphatic rings. The van der Waals surface area contributed by atoms with E-state index in [0.29, 0.717) is 5.92 Å². The molecule has 0 amide bonds. The summed E-state index contributed by atoms with van der Waals surface area (Å²) >= 11 is 0. The Balaban J connectivity index is 1.81. The molecule has 21 heavy (non-hydrogen) atoms. The van der Waals surface area contributed by atoms with Crippen molar-refractivity contribution in [2.24, 2.45) is 16.7 Å². The normalized spacial score (nSPS) is 33.1. The van der Waals surface area contributed by atoms with Crippen LogP contribution in [-0.2, 0) is 11.2 Å². The molecular weight excluding hydrogens is 260 g/mol. The maximum atomic E-state index is 12.6. The Morgan fingerprint density at radius 1 is 1.29 bits per heavy atom. The average molecular weight is 286 g/mol. The molecule has 114 valence electrons. The van der Waals surface area contributed by atoms with E-state index in [-0.39, 0.29) is 22.9 Å². The van der Waals surface area contributed by atoms with Gasteiger partial charge in [-0.1, -0.05) is 45.9 Å². The van der Waals surface area contributed by atoms with Crippen molar-refractivity contribution in [1.82, 2.24) is 0 Å². The van der Waals surface area contributed by atoms with Crippen LogP contribution in [0.1, 0.15) is 62.9 Å². The van der Waals surface area contributed by atoms with Crippen molar-refractivity contribution in [2.75, 3.05) is 0 Å². The quantitative estimate of drug-likeness (QED) is 0.758. The molecule has 0 spiro atoms. The zero-order valence-electron chi connectivity index (χ0n) is 13.6. The number of rotatable bonds is 3. The fourth-order valence-electron chi connectivity index (χ4n) is 4.53. The molecule has 3 unspecified atom stereocenters. The van der Waals surface area contributed by atoms with Gasteiger partial charge in [0.2, 0.25) is 0 Å². The zero-order valence-corrected chi connectivity index (χ0v) is 13.6. The Bertz CT molecular complexity index is 560. The predicted molar refractivity (Wildman–Crippen MR) is 84.3 cm³/mol. The van der Waals surface area contributed by atoms with Crippen molar-refractivity contribution in [1.29, 1.82) is 0 Å². The van der Waals surface area contributed by atoms with Gasteiger partial charge >= 0.3 is 5.97 Å². The van der Waals surface area contributed by atoms with Gasteiger partial charge in [-0.15, -0.1) is 0 Å². The van der Waals surface area contributed by atoms with E-state index in [4.69, 9.17) is 4.74 Å². The van der Waals surface area contributed by atoms with Gasteiger partial charge in [-0.05, 0) is 48.6 Å². The lowest BCUT2D eigenvalue weighted by atomic mass is 9.70. The van der Waals surface area contributed by atoms with Crippen LogP contribution >= 0.6 is 0 Å². The third-order valence-corrected chi connectivity index (χ3v) is 6.58. The molecular formula is C19H26O2. The van der Waals surface area contributed by atoms with Crippen LogP contribution in [0.25, 0.3) is 0 Å². The van der Waals surface area contributed by atoms with E-state index in [2.05, 4.69) is 27.7 Å². The number of ether oxygens (including phenoxy) is 1. The third kappa shape index (κ3) is 2.03. The molecule has 2 heteroatoms. The smallest absolute Gasteiger partial charge is 0.338 e. The molecule has 2 bridgehead atoms. The SMILES string of the molecule is CCc1ccccc1C(=O)OC1CC2CCC1(C)C2(C)C. The lowest BCUT2D eigenvalue weighted by Crippen LogP contribution is -2.38. The fourth-order valence-corrected chi connectivity index (χ4v) is 4.53. The highest BCUT2D eigenvalue weighted by Gasteiger charge is 2.62. The molecule has 3 atom stereocenters. The number of esters is 1. The summed E-state index contributed by atoms with van der Waals surface area (Å²) in [5.41, 5.74) is 2.23. The summed E-state index contributed by atoms with van der Waals surface area (Å²) in [6, 6.07) is 7.81. The van der Waals surface area contributed by atoms with E-state index in [9.17, 15) is 4.79 Å². The minimum absolute atomic E-state index is 0.0728. The minimum Gasteiger partial charge on any atom is -0.458 e. The van der Waals surface area contributed by atoms with Crippen LogP contribution in [0, 0.1) is 16.7 Å². The van der Waals surface area contributed by atoms with E-state index in [1.165, 1.54) is 12.8 Å². The van der Waals surface area contributed by atoms with Crippen LogP contribution in [0.2, 0.25) is 0 Å². The summed E-state index contributed by atoms with van der Waals surface area (Å²) in [6.07, 6.45) is 4.43. The topological polar surface area (TPSA) is 26.3 Å². The number of fused-ring (bicyclic) bond motifs is 2. The van der Waals surface area contributed by atoms with Gasteiger partial charge in [-0.3, -0.25) is 0 Å². The number of carbonyl (C=O) groups excluding carboxylic acids is 1. The lowest BCUT2D eigenvalue weighted by Gasteiger charge is -2.38. The second-order valence-electron chi connectivity index (χ2n) is 7.52. The first-order valence-electron chi connectivity index (χ1n) is 8.19. The number of benzene rings is 1. The highest BCUT2D eigenvalue weighted by molar-refractivity contribution is 5.91. The molecule has 0 saturated heterocycles. The van der Waals surface area contributed by atoms with Crippen LogP contribution in [-0.4, -0.2) is 12.1 Å². The van der Waals surface area contributed by atoms with Crippen LogP contribution < -0.4 is 0 Å². The molecule has 0 radical (unpaired) electrons. The molecule has 0 N–H and O–H groups in total. The van der Waals surface area contributed by atoms with Gasteiger partial charge in [-0.2, -0.15) is 0 Å². The van der Waals surface area contributed by atoms with Crippen molar-refractivity contribution in [3.63, 3.8) is 0 Å². The molecule has 2 fully saturated rings. The first-order chi connectivity index (χ1) is 9.90. The first-order valence-corrected chi connectivity index (χ1v) is 8.19. The second kappa shape index (κ2) is 4.86. The van der Waals surface area contributed by atoms with E-state index < -0.39 is 0 Å². The molecule has 1 aromatic rings. The van der Waals surface area contributed by atoms with Crippen molar-refractivity contribution in [3.05, 3.63) is 35.4 Å². The summed E-state index contributed by atoms with van der Waals surface area (Å²) in [5, 5.41) is 0. The van der Waals surface area contributed by atoms with Gasteiger partial charge in [0.25, 0.3) is 0 Å². The van der Waals surface area contributed by atoms with Crippen LogP contribution in [0.4, 0.5) is 0 Å². The number of hydrogen-bond donors (Lipinski definition) is 0. The van der Waals surface area contributed by atoms with E-state index in [0.717, 1.165) is 24.0 Å². The predicted octanol–water partition coefficient (Wildman–Crippen LogP) is 4.62. The van der Waals surface area contributed by atoms with Gasteiger partial charge in [0.15, 0.2) is 0 Å². The molecule has 0 aliphatic heterocycles. The minimum atomic E-state index is -0.137. The van der Waals surface area contributed by atoms with Gasteiger partial charge in [0, 0.05) is 5.41 Å². The highest BCUT2D eigenvalue weighted by Crippen LogP contribution is 2.66. The highest BCUT2D eigenvalue weighted by atomic mass is 16.5. The summed E-state index contributed by atoms with van der Waals surface area (Å²) in [7, 11) is 0. The zero-order chi connectivity index (χ0) is 15.3. The summed E-state index contributed by atoms with van der Waals surface area (Å²) in [4.78, 5) is 12.6. The van der Waals surface area contributed by atoms with E-state index in [1.807, 2.05) is 24.3 Å². The van der Waals surface area contributed by atoms with Crippen LogP contribution in [0.15, 0.2) is 24.3 Å². The molecule has 2 aliphatic carbocycles. The molecule has 1 aromatic carbocycles. The second-order valence-corrected chi connectivity index (χ2v) is 7.52. The van der Waals surface area contributed by atoms with Crippen molar-refractivity contribution in [3.8, 4) is 0 Å². The Kier molecular flexibility index (Phi) is 3.38. The monoisotopic (exact) mass is 286 g/mol. The van der Waals surface area contributed by atoms with E-state index >= 15 is 0 Å². The summed E-state index contributed by atoms with van der Waals surface area (Å²) in [6.45, 7) is 9.08. The molecule has 2 nitrogen and oxygen atoms in total. The van der Waals surface area contributed by atoms with Crippen molar-refractivity contribution < 1.29 is 9.53 Å². The fraction of sp³-hybridized carbons (Fsp3) is 0.632. The summed E-state index contributed by atoms with van der Waals surface area (Å²) in [5.74, 6) is 0.559. The van der Waals surface area contributed by atoms with Crippen LogP contribution in [0.3, 0.4) is 0 Å². The largest absolute Gasteiger partial charge is 0.458 e. The Morgan fingerprint density at radius 3 is 2.57 bits per heavy atom.